The first-order valence-electron chi connectivity index (χ1n) is 6.37. The van der Waals surface area contributed by atoms with E-state index in [0.717, 1.165) is 25.9 Å². The van der Waals surface area contributed by atoms with Crippen LogP contribution in [0.25, 0.3) is 0 Å². The van der Waals surface area contributed by atoms with Crippen LogP contribution in [0.15, 0.2) is 0 Å². The van der Waals surface area contributed by atoms with E-state index in [0.29, 0.717) is 25.3 Å². The fraction of sp³-hybridized carbons (Fsp3) is 0.833. The Morgan fingerprint density at radius 2 is 2.29 bits per heavy atom. The van der Waals surface area contributed by atoms with Gasteiger partial charge < -0.3 is 15.3 Å². The summed E-state index contributed by atoms with van der Waals surface area (Å²) in [6, 6.07) is 0. The fourth-order valence-corrected chi connectivity index (χ4v) is 2.65. The molecule has 0 aromatic heterocycles. The minimum Gasteiger partial charge on any atom is -0.396 e. The molecule has 2 amide bonds. The summed E-state index contributed by atoms with van der Waals surface area (Å²) in [5, 5.41) is 11.6. The van der Waals surface area contributed by atoms with Crippen molar-refractivity contribution in [2.75, 3.05) is 26.2 Å². The van der Waals surface area contributed by atoms with Gasteiger partial charge in [-0.1, -0.05) is 0 Å². The molecular weight excluding hydrogens is 220 g/mol. The molecule has 0 aromatic rings. The Balaban J connectivity index is 1.82. The van der Waals surface area contributed by atoms with Crippen LogP contribution in [-0.4, -0.2) is 48.1 Å². The van der Waals surface area contributed by atoms with E-state index < -0.39 is 0 Å². The van der Waals surface area contributed by atoms with E-state index in [4.69, 9.17) is 5.11 Å². The molecule has 2 unspecified atom stereocenters. The van der Waals surface area contributed by atoms with Crippen molar-refractivity contribution in [3.05, 3.63) is 0 Å². The van der Waals surface area contributed by atoms with E-state index >= 15 is 0 Å². The highest BCUT2D eigenvalue weighted by Gasteiger charge is 2.32. The van der Waals surface area contributed by atoms with Gasteiger partial charge >= 0.3 is 0 Å². The number of piperidine rings is 1. The maximum absolute atomic E-state index is 12.2. The lowest BCUT2D eigenvalue weighted by atomic mass is 9.98. The second-order valence-electron chi connectivity index (χ2n) is 4.99. The number of nitrogens with zero attached hydrogens (tertiary/aromatic N) is 1. The third-order valence-corrected chi connectivity index (χ3v) is 3.75. The summed E-state index contributed by atoms with van der Waals surface area (Å²) in [5.41, 5.74) is 0. The van der Waals surface area contributed by atoms with Gasteiger partial charge in [0, 0.05) is 32.7 Å². The molecule has 2 aliphatic heterocycles. The van der Waals surface area contributed by atoms with Crippen molar-refractivity contribution in [3.63, 3.8) is 0 Å². The number of hydrogen-bond acceptors (Lipinski definition) is 3. The zero-order chi connectivity index (χ0) is 12.3. The predicted octanol–water partition coefficient (Wildman–Crippen LogP) is -0.256. The van der Waals surface area contributed by atoms with E-state index in [2.05, 4.69) is 5.32 Å². The summed E-state index contributed by atoms with van der Waals surface area (Å²) in [7, 11) is 0. The lowest BCUT2D eigenvalue weighted by Gasteiger charge is -2.26. The zero-order valence-electron chi connectivity index (χ0n) is 10.0. The minimum absolute atomic E-state index is 0.0411. The third-order valence-electron chi connectivity index (χ3n) is 3.75. The van der Waals surface area contributed by atoms with Crippen LogP contribution < -0.4 is 5.32 Å². The standard InChI is InChI=1S/C12H20N2O3/c15-6-4-9-3-5-14(8-9)12(17)10-1-2-11(16)13-7-10/h9-10,15H,1-8H2,(H,13,16). The number of rotatable bonds is 3. The van der Waals surface area contributed by atoms with Crippen molar-refractivity contribution in [1.29, 1.82) is 0 Å². The molecule has 96 valence electrons. The van der Waals surface area contributed by atoms with Gasteiger partial charge in [0.15, 0.2) is 0 Å². The Kier molecular flexibility index (Phi) is 3.99. The van der Waals surface area contributed by atoms with Crippen LogP contribution in [0.4, 0.5) is 0 Å². The van der Waals surface area contributed by atoms with Crippen molar-refractivity contribution < 1.29 is 14.7 Å². The van der Waals surface area contributed by atoms with Crippen LogP contribution >= 0.6 is 0 Å². The summed E-state index contributed by atoms with van der Waals surface area (Å²) in [5.74, 6) is 0.627. The first-order valence-corrected chi connectivity index (χ1v) is 6.37. The Bertz CT molecular complexity index is 296. The number of carbonyl (C=O) groups is 2. The first-order chi connectivity index (χ1) is 8.20. The quantitative estimate of drug-likeness (QED) is 0.714. The van der Waals surface area contributed by atoms with Crippen LogP contribution in [0.2, 0.25) is 0 Å². The molecule has 0 saturated carbocycles. The van der Waals surface area contributed by atoms with Crippen LogP contribution in [-0.2, 0) is 9.59 Å². The number of aliphatic hydroxyl groups is 1. The molecule has 2 atom stereocenters. The zero-order valence-corrected chi connectivity index (χ0v) is 10.0. The van der Waals surface area contributed by atoms with E-state index in [1.165, 1.54) is 0 Å². The summed E-state index contributed by atoms with van der Waals surface area (Å²) >= 11 is 0. The van der Waals surface area contributed by atoms with Gasteiger partial charge in [-0.15, -0.1) is 0 Å². The van der Waals surface area contributed by atoms with Gasteiger partial charge in [-0.05, 0) is 25.2 Å². The predicted molar refractivity (Wildman–Crippen MR) is 62.1 cm³/mol. The maximum atomic E-state index is 12.2. The number of hydrogen-bond donors (Lipinski definition) is 2. The van der Waals surface area contributed by atoms with Gasteiger partial charge in [0.2, 0.25) is 11.8 Å². The molecule has 17 heavy (non-hydrogen) atoms. The molecule has 0 spiro atoms. The van der Waals surface area contributed by atoms with E-state index in [-0.39, 0.29) is 24.3 Å². The normalized spacial score (nSPS) is 29.2. The van der Waals surface area contributed by atoms with Gasteiger partial charge in [-0.2, -0.15) is 0 Å². The summed E-state index contributed by atoms with van der Waals surface area (Å²) in [6.45, 7) is 2.25. The second kappa shape index (κ2) is 5.49. The molecule has 0 aliphatic carbocycles. The average molecular weight is 240 g/mol. The molecule has 5 heteroatoms. The highest BCUT2D eigenvalue weighted by Crippen LogP contribution is 2.23. The third kappa shape index (κ3) is 2.97. The largest absolute Gasteiger partial charge is 0.396 e. The monoisotopic (exact) mass is 240 g/mol. The lowest BCUT2D eigenvalue weighted by Crippen LogP contribution is -2.44. The molecule has 2 fully saturated rings. The Morgan fingerprint density at radius 3 is 2.94 bits per heavy atom. The van der Waals surface area contributed by atoms with E-state index in [1.807, 2.05) is 4.90 Å². The molecule has 2 N–H and O–H groups in total. The molecule has 2 rings (SSSR count). The number of carbonyl (C=O) groups excluding carboxylic acids is 2. The molecule has 2 heterocycles. The first kappa shape index (κ1) is 12.4. The fourth-order valence-electron chi connectivity index (χ4n) is 2.65. The van der Waals surface area contributed by atoms with Crippen LogP contribution in [0.1, 0.15) is 25.7 Å². The maximum Gasteiger partial charge on any atom is 0.227 e. The van der Waals surface area contributed by atoms with Crippen LogP contribution in [0.5, 0.6) is 0 Å². The second-order valence-corrected chi connectivity index (χ2v) is 4.99. The lowest BCUT2D eigenvalue weighted by molar-refractivity contribution is -0.136. The number of likely N-dealkylation sites (tertiary alicyclic amines) is 1. The smallest absolute Gasteiger partial charge is 0.227 e. The Morgan fingerprint density at radius 1 is 1.47 bits per heavy atom. The minimum atomic E-state index is -0.0411. The van der Waals surface area contributed by atoms with Crippen molar-refractivity contribution in [3.8, 4) is 0 Å². The Hall–Kier alpha value is -1.10. The van der Waals surface area contributed by atoms with Crippen LogP contribution in [0.3, 0.4) is 0 Å². The summed E-state index contributed by atoms with van der Waals surface area (Å²) in [6.07, 6.45) is 2.91. The average Bonchev–Trinajstić information content (AvgIpc) is 2.78. The molecular formula is C12H20N2O3. The number of amides is 2. The van der Waals surface area contributed by atoms with Crippen molar-refractivity contribution in [2.45, 2.75) is 25.7 Å². The molecule has 2 saturated heterocycles. The van der Waals surface area contributed by atoms with Crippen molar-refractivity contribution in [1.82, 2.24) is 10.2 Å². The van der Waals surface area contributed by atoms with Gasteiger partial charge in [0.25, 0.3) is 0 Å². The van der Waals surface area contributed by atoms with E-state index in [1.54, 1.807) is 0 Å². The Labute approximate surface area is 101 Å². The topological polar surface area (TPSA) is 69.6 Å². The molecule has 0 radical (unpaired) electrons. The van der Waals surface area contributed by atoms with Crippen molar-refractivity contribution in [2.24, 2.45) is 11.8 Å². The van der Waals surface area contributed by atoms with E-state index in [9.17, 15) is 9.59 Å². The molecule has 0 aromatic carbocycles. The molecule has 0 bridgehead atoms. The van der Waals surface area contributed by atoms with Crippen LogP contribution in [0, 0.1) is 11.8 Å². The van der Waals surface area contributed by atoms with Gasteiger partial charge in [-0.3, -0.25) is 9.59 Å². The summed E-state index contributed by atoms with van der Waals surface area (Å²) in [4.78, 5) is 25.1. The SMILES string of the molecule is O=C1CCC(C(=O)N2CCC(CCO)C2)CN1. The van der Waals surface area contributed by atoms with Gasteiger partial charge in [-0.25, -0.2) is 0 Å². The van der Waals surface area contributed by atoms with Gasteiger partial charge in [0.05, 0.1) is 5.92 Å². The molecule has 2 aliphatic rings. The molecule has 5 nitrogen and oxygen atoms in total. The number of aliphatic hydroxyl groups excluding tert-OH is 1. The highest BCUT2D eigenvalue weighted by atomic mass is 16.3. The summed E-state index contributed by atoms with van der Waals surface area (Å²) < 4.78 is 0. The number of nitrogens with one attached hydrogen (secondary N) is 1. The van der Waals surface area contributed by atoms with Gasteiger partial charge in [0.1, 0.15) is 0 Å². The van der Waals surface area contributed by atoms with Crippen molar-refractivity contribution >= 4 is 11.8 Å². The highest BCUT2D eigenvalue weighted by molar-refractivity contribution is 5.83.